The number of anilines is 2. The zero-order chi connectivity index (χ0) is 24.0. The molecule has 0 amide bonds. The third kappa shape index (κ3) is 5.31. The number of fused-ring (bicyclic) bond motifs is 1. The lowest BCUT2D eigenvalue weighted by Gasteiger charge is -2.39. The highest BCUT2D eigenvalue weighted by molar-refractivity contribution is 6.13. The minimum atomic E-state index is -0.165. The van der Waals surface area contributed by atoms with Gasteiger partial charge in [-0.2, -0.15) is 0 Å². The van der Waals surface area contributed by atoms with E-state index >= 15 is 0 Å². The van der Waals surface area contributed by atoms with Crippen molar-refractivity contribution in [2.75, 3.05) is 50.2 Å². The molecule has 33 heavy (non-hydrogen) atoms. The molecule has 1 aromatic heterocycles. The molecule has 9 heteroatoms. The van der Waals surface area contributed by atoms with E-state index in [9.17, 15) is 0 Å². The number of allylic oxidation sites excluding steroid dienone is 3. The van der Waals surface area contributed by atoms with E-state index in [2.05, 4.69) is 34.0 Å². The number of nitrogens with zero attached hydrogens (tertiary/aromatic N) is 4. The highest BCUT2D eigenvalue weighted by Crippen LogP contribution is 2.41. The fraction of sp³-hybridized carbons (Fsp3) is 0.417. The monoisotopic (exact) mass is 452 g/mol. The van der Waals surface area contributed by atoms with Crippen LogP contribution in [0.25, 0.3) is 11.6 Å². The van der Waals surface area contributed by atoms with Crippen LogP contribution in [0.15, 0.2) is 47.1 Å². The first-order chi connectivity index (χ1) is 15.9. The Hall–Kier alpha value is -3.46. The van der Waals surface area contributed by atoms with Gasteiger partial charge in [0.1, 0.15) is 6.17 Å². The highest BCUT2D eigenvalue weighted by Gasteiger charge is 2.29. The average molecular weight is 453 g/mol. The fourth-order valence-corrected chi connectivity index (χ4v) is 4.03. The first-order valence-corrected chi connectivity index (χ1v) is 11.2. The summed E-state index contributed by atoms with van der Waals surface area (Å²) < 4.78 is 5.60. The maximum absolute atomic E-state index is 6.33. The Morgan fingerprint density at radius 2 is 1.97 bits per heavy atom. The van der Waals surface area contributed by atoms with Crippen LogP contribution in [0.1, 0.15) is 25.1 Å². The lowest BCUT2D eigenvalue weighted by molar-refractivity contribution is 0.122. The number of nitrogens with one attached hydrogen (secondary N) is 1. The van der Waals surface area contributed by atoms with Gasteiger partial charge in [0.15, 0.2) is 0 Å². The number of hydrogen-bond donors (Lipinski definition) is 4. The van der Waals surface area contributed by atoms with Crippen molar-refractivity contribution >= 4 is 29.2 Å². The maximum atomic E-state index is 6.33. The number of rotatable bonds is 7. The summed E-state index contributed by atoms with van der Waals surface area (Å²) in [5.41, 5.74) is 23.7. The van der Waals surface area contributed by atoms with Gasteiger partial charge in [-0.1, -0.05) is 13.8 Å². The third-order valence-electron chi connectivity index (χ3n) is 5.84. The van der Waals surface area contributed by atoms with Gasteiger partial charge in [-0.3, -0.25) is 9.98 Å². The quantitative estimate of drug-likeness (QED) is 0.362. The molecule has 0 bridgehead atoms. The van der Waals surface area contributed by atoms with Crippen molar-refractivity contribution in [3.63, 3.8) is 0 Å². The predicted octanol–water partition coefficient (Wildman–Crippen LogP) is 1.60. The Morgan fingerprint density at radius 1 is 1.24 bits per heavy atom. The maximum Gasteiger partial charge on any atom is 0.120 e. The van der Waals surface area contributed by atoms with Gasteiger partial charge in [-0.15, -0.1) is 0 Å². The molecular weight excluding hydrogens is 416 g/mol. The lowest BCUT2D eigenvalue weighted by atomic mass is 10.0. The van der Waals surface area contributed by atoms with Crippen molar-refractivity contribution in [3.05, 3.63) is 53.4 Å². The SMILES string of the molecule is CN=CC(=CN)c1cnc2c(c1N1CCOCC1)N(C)C(N/C(N)=C/C(=C\N)C(C)C)C=C2. The Morgan fingerprint density at radius 3 is 2.58 bits per heavy atom. The van der Waals surface area contributed by atoms with E-state index in [0.29, 0.717) is 19.0 Å². The van der Waals surface area contributed by atoms with Crippen molar-refractivity contribution in [1.82, 2.24) is 10.3 Å². The van der Waals surface area contributed by atoms with Gasteiger partial charge in [-0.25, -0.2) is 0 Å². The standard InChI is InChI=1S/C24H36N8O/c1-16(2)17(12-25)11-21(27)30-22-6-5-20-24(31(22)4)23(32-7-9-33-10-8-32)19(15-29-20)18(13-26)14-28-3/h5-6,11-16,22,30H,7-10,25-27H2,1-4H3/b17-12+,18-13?,21-11+,28-14?. The van der Waals surface area contributed by atoms with Crippen LogP contribution < -0.4 is 32.3 Å². The van der Waals surface area contributed by atoms with Crippen LogP contribution in [-0.2, 0) is 4.74 Å². The molecule has 0 spiro atoms. The Kier molecular flexibility index (Phi) is 8.00. The van der Waals surface area contributed by atoms with Crippen LogP contribution in [0.4, 0.5) is 11.4 Å². The van der Waals surface area contributed by atoms with Gasteiger partial charge in [0.05, 0.1) is 36.1 Å². The van der Waals surface area contributed by atoms with E-state index in [0.717, 1.165) is 46.9 Å². The molecule has 0 saturated carbocycles. The number of aromatic nitrogens is 1. The molecular formula is C24H36N8O. The molecule has 2 aliphatic rings. The minimum absolute atomic E-state index is 0.165. The molecule has 1 fully saturated rings. The summed E-state index contributed by atoms with van der Waals surface area (Å²) in [6, 6.07) is 0. The molecule has 1 unspecified atom stereocenters. The first-order valence-electron chi connectivity index (χ1n) is 11.2. The first kappa shape index (κ1) is 24.2. The summed E-state index contributed by atoms with van der Waals surface area (Å²) in [5.74, 6) is 0.820. The van der Waals surface area contributed by atoms with Crippen LogP contribution in [0.3, 0.4) is 0 Å². The predicted molar refractivity (Wildman–Crippen MR) is 138 cm³/mol. The minimum Gasteiger partial charge on any atom is -0.404 e. The number of aliphatic imine (C=N–C) groups is 1. The van der Waals surface area contributed by atoms with Gasteiger partial charge in [-0.05, 0) is 35.9 Å². The Labute approximate surface area is 196 Å². The van der Waals surface area contributed by atoms with Crippen molar-refractivity contribution in [2.24, 2.45) is 28.1 Å². The second-order valence-corrected chi connectivity index (χ2v) is 8.34. The van der Waals surface area contributed by atoms with E-state index in [4.69, 9.17) is 26.9 Å². The third-order valence-corrected chi connectivity index (χ3v) is 5.84. The smallest absolute Gasteiger partial charge is 0.120 e. The molecule has 0 aliphatic carbocycles. The number of likely N-dealkylation sites (N-methyl/N-ethyl adjacent to an activating group) is 1. The highest BCUT2D eigenvalue weighted by atomic mass is 16.5. The summed E-state index contributed by atoms with van der Waals surface area (Å²) >= 11 is 0. The number of ether oxygens (including phenoxy) is 1. The molecule has 3 heterocycles. The molecule has 0 radical (unpaired) electrons. The van der Waals surface area contributed by atoms with E-state index in [1.54, 1.807) is 25.7 Å². The molecule has 2 aliphatic heterocycles. The molecule has 9 nitrogen and oxygen atoms in total. The Balaban J connectivity index is 2.04. The van der Waals surface area contributed by atoms with E-state index < -0.39 is 0 Å². The second kappa shape index (κ2) is 10.9. The normalized spacial score (nSPS) is 20.0. The van der Waals surface area contributed by atoms with Gasteiger partial charge in [0.2, 0.25) is 0 Å². The van der Waals surface area contributed by atoms with Gasteiger partial charge >= 0.3 is 0 Å². The van der Waals surface area contributed by atoms with Gasteiger partial charge < -0.3 is 37.1 Å². The number of nitrogens with two attached hydrogens (primary N) is 3. The van der Waals surface area contributed by atoms with Crippen LogP contribution in [-0.4, -0.2) is 57.8 Å². The van der Waals surface area contributed by atoms with E-state index in [1.807, 2.05) is 31.5 Å². The lowest BCUT2D eigenvalue weighted by Crippen LogP contribution is -2.46. The van der Waals surface area contributed by atoms with Crippen molar-refractivity contribution < 1.29 is 4.74 Å². The number of pyridine rings is 1. The van der Waals surface area contributed by atoms with Crippen LogP contribution in [0.2, 0.25) is 0 Å². The summed E-state index contributed by atoms with van der Waals surface area (Å²) in [7, 11) is 3.76. The van der Waals surface area contributed by atoms with Crippen LogP contribution in [0, 0.1) is 5.92 Å². The van der Waals surface area contributed by atoms with Crippen molar-refractivity contribution in [3.8, 4) is 0 Å². The molecule has 178 valence electrons. The average Bonchev–Trinajstić information content (AvgIpc) is 2.82. The molecule has 1 aromatic rings. The van der Waals surface area contributed by atoms with Gasteiger partial charge in [0, 0.05) is 56.9 Å². The van der Waals surface area contributed by atoms with Gasteiger partial charge in [0.25, 0.3) is 0 Å². The number of morpholine rings is 1. The largest absolute Gasteiger partial charge is 0.404 e. The topological polar surface area (TPSA) is 131 Å². The Bertz CT molecular complexity index is 986. The molecule has 0 aromatic carbocycles. The summed E-state index contributed by atoms with van der Waals surface area (Å²) in [4.78, 5) is 13.4. The number of hydrogen-bond acceptors (Lipinski definition) is 9. The molecule has 1 saturated heterocycles. The summed E-state index contributed by atoms with van der Waals surface area (Å²) in [5, 5.41) is 3.39. The van der Waals surface area contributed by atoms with E-state index in [-0.39, 0.29) is 12.1 Å². The molecule has 3 rings (SSSR count). The second-order valence-electron chi connectivity index (χ2n) is 8.34. The van der Waals surface area contributed by atoms with E-state index in [1.165, 1.54) is 0 Å². The van der Waals surface area contributed by atoms with Crippen molar-refractivity contribution in [1.29, 1.82) is 0 Å². The zero-order valence-electron chi connectivity index (χ0n) is 20.0. The zero-order valence-corrected chi connectivity index (χ0v) is 20.0. The summed E-state index contributed by atoms with van der Waals surface area (Å²) in [6.07, 6.45) is 12.6. The van der Waals surface area contributed by atoms with Crippen LogP contribution >= 0.6 is 0 Å². The van der Waals surface area contributed by atoms with Crippen LogP contribution in [0.5, 0.6) is 0 Å². The summed E-state index contributed by atoms with van der Waals surface area (Å²) in [6.45, 7) is 7.05. The van der Waals surface area contributed by atoms with Crippen molar-refractivity contribution in [2.45, 2.75) is 20.0 Å². The fourth-order valence-electron chi connectivity index (χ4n) is 4.03. The molecule has 1 atom stereocenters. The molecule has 7 N–H and O–H groups in total.